The molecule has 1 aliphatic carbocycles. The maximum absolute atomic E-state index is 2.71. The van der Waals surface area contributed by atoms with Crippen molar-refractivity contribution < 1.29 is 0 Å². The van der Waals surface area contributed by atoms with Crippen LogP contribution >= 0.6 is 0 Å². The molecule has 2 rings (SSSR count). The molecule has 2 nitrogen and oxygen atoms in total. The van der Waals surface area contributed by atoms with Crippen LogP contribution in [-0.2, 0) is 0 Å². The minimum Gasteiger partial charge on any atom is -0.301 e. The van der Waals surface area contributed by atoms with Crippen molar-refractivity contribution in [2.24, 2.45) is 17.8 Å². The maximum atomic E-state index is 2.71. The van der Waals surface area contributed by atoms with Crippen LogP contribution in [0.2, 0.25) is 0 Å². The third kappa shape index (κ3) is 5.90. The second kappa shape index (κ2) is 8.53. The van der Waals surface area contributed by atoms with E-state index < -0.39 is 0 Å². The summed E-state index contributed by atoms with van der Waals surface area (Å²) in [6, 6.07) is 0.725. The van der Waals surface area contributed by atoms with E-state index in [0.29, 0.717) is 0 Å². The molecule has 21 heavy (non-hydrogen) atoms. The zero-order valence-corrected chi connectivity index (χ0v) is 15.0. The summed E-state index contributed by atoms with van der Waals surface area (Å²) in [5.41, 5.74) is 0. The lowest BCUT2D eigenvalue weighted by Crippen LogP contribution is -2.49. The van der Waals surface area contributed by atoms with Gasteiger partial charge in [0.05, 0.1) is 0 Å². The van der Waals surface area contributed by atoms with Gasteiger partial charge in [-0.2, -0.15) is 0 Å². The number of hydrogen-bond acceptors (Lipinski definition) is 2. The lowest BCUT2D eigenvalue weighted by Gasteiger charge is -2.38. The highest BCUT2D eigenvalue weighted by Gasteiger charge is 2.23. The first kappa shape index (κ1) is 17.3. The molecular weight excluding hydrogens is 256 g/mol. The van der Waals surface area contributed by atoms with Gasteiger partial charge in [-0.15, -0.1) is 0 Å². The molecular formula is C19H38N2. The number of hydrogen-bond donors (Lipinski definition) is 0. The van der Waals surface area contributed by atoms with Gasteiger partial charge >= 0.3 is 0 Å². The highest BCUT2D eigenvalue weighted by molar-refractivity contribution is 4.77. The molecule has 0 aromatic heterocycles. The van der Waals surface area contributed by atoms with Crippen molar-refractivity contribution in [3.05, 3.63) is 0 Å². The quantitative estimate of drug-likeness (QED) is 0.722. The Bertz CT molecular complexity index is 271. The van der Waals surface area contributed by atoms with Gasteiger partial charge < -0.3 is 4.90 Å². The SMILES string of the molecule is CC(C)CC1CCC(CCN2CCN(C(C)C)CC2)CC1. The van der Waals surface area contributed by atoms with Crippen molar-refractivity contribution in [1.82, 2.24) is 9.80 Å². The predicted octanol–water partition coefficient (Wildman–Crippen LogP) is 4.26. The molecule has 0 atom stereocenters. The van der Waals surface area contributed by atoms with Crippen LogP contribution in [0.4, 0.5) is 0 Å². The van der Waals surface area contributed by atoms with E-state index >= 15 is 0 Å². The monoisotopic (exact) mass is 294 g/mol. The number of piperazine rings is 1. The Morgan fingerprint density at radius 3 is 1.90 bits per heavy atom. The predicted molar refractivity (Wildman–Crippen MR) is 92.7 cm³/mol. The van der Waals surface area contributed by atoms with E-state index in [1.165, 1.54) is 71.2 Å². The molecule has 0 N–H and O–H groups in total. The molecule has 1 saturated carbocycles. The average molecular weight is 295 g/mol. The molecule has 0 aromatic carbocycles. The van der Waals surface area contributed by atoms with Gasteiger partial charge in [-0.25, -0.2) is 0 Å². The standard InChI is InChI=1S/C19H38N2/c1-16(2)15-19-7-5-18(6-8-19)9-10-20-11-13-21(14-12-20)17(3)4/h16-19H,5-15H2,1-4H3. The average Bonchev–Trinajstić information content (AvgIpc) is 2.46. The van der Waals surface area contributed by atoms with Crippen LogP contribution in [0.15, 0.2) is 0 Å². The fraction of sp³-hybridized carbons (Fsp3) is 1.00. The van der Waals surface area contributed by atoms with E-state index in [1.54, 1.807) is 0 Å². The van der Waals surface area contributed by atoms with Crippen LogP contribution in [0.25, 0.3) is 0 Å². The Morgan fingerprint density at radius 2 is 1.38 bits per heavy atom. The summed E-state index contributed by atoms with van der Waals surface area (Å²) in [5, 5.41) is 0. The molecule has 2 fully saturated rings. The molecule has 2 aliphatic rings. The van der Waals surface area contributed by atoms with E-state index in [9.17, 15) is 0 Å². The lowest BCUT2D eigenvalue weighted by molar-refractivity contribution is 0.100. The van der Waals surface area contributed by atoms with Gasteiger partial charge in [0.1, 0.15) is 0 Å². The zero-order chi connectivity index (χ0) is 15.2. The Labute approximate surface area is 133 Å². The first-order chi connectivity index (χ1) is 10.0. The zero-order valence-electron chi connectivity index (χ0n) is 15.0. The van der Waals surface area contributed by atoms with Crippen molar-refractivity contribution in [3.8, 4) is 0 Å². The van der Waals surface area contributed by atoms with Crippen molar-refractivity contribution in [1.29, 1.82) is 0 Å². The van der Waals surface area contributed by atoms with Crippen LogP contribution in [0.5, 0.6) is 0 Å². The smallest absolute Gasteiger partial charge is 0.0113 e. The van der Waals surface area contributed by atoms with Crippen LogP contribution in [0.1, 0.15) is 66.2 Å². The van der Waals surface area contributed by atoms with Gasteiger partial charge in [-0.3, -0.25) is 4.90 Å². The summed E-state index contributed by atoms with van der Waals surface area (Å²) in [4.78, 5) is 5.33. The van der Waals surface area contributed by atoms with Gasteiger partial charge in [0, 0.05) is 32.2 Å². The van der Waals surface area contributed by atoms with Crippen LogP contribution in [0.3, 0.4) is 0 Å². The summed E-state index contributed by atoms with van der Waals surface area (Å²) >= 11 is 0. The molecule has 0 bridgehead atoms. The Kier molecular flexibility index (Phi) is 7.01. The lowest BCUT2D eigenvalue weighted by atomic mass is 9.77. The van der Waals surface area contributed by atoms with Crippen molar-refractivity contribution in [2.75, 3.05) is 32.7 Å². The number of rotatable bonds is 6. The first-order valence-corrected chi connectivity index (χ1v) is 9.51. The summed E-state index contributed by atoms with van der Waals surface area (Å²) in [6.45, 7) is 15.9. The number of nitrogens with zero attached hydrogens (tertiary/aromatic N) is 2. The molecule has 0 unspecified atom stereocenters. The molecule has 0 aromatic rings. The molecule has 0 radical (unpaired) electrons. The third-order valence-corrected chi connectivity index (χ3v) is 5.76. The van der Waals surface area contributed by atoms with E-state index in [1.807, 2.05) is 0 Å². The second-order valence-electron chi connectivity index (χ2n) is 8.28. The Balaban J connectivity index is 1.58. The van der Waals surface area contributed by atoms with Crippen LogP contribution in [0, 0.1) is 17.8 Å². The van der Waals surface area contributed by atoms with E-state index in [0.717, 1.165) is 23.8 Å². The first-order valence-electron chi connectivity index (χ1n) is 9.51. The van der Waals surface area contributed by atoms with Gasteiger partial charge in [0.25, 0.3) is 0 Å². The summed E-state index contributed by atoms with van der Waals surface area (Å²) in [6.07, 6.45) is 8.93. The van der Waals surface area contributed by atoms with Crippen LogP contribution < -0.4 is 0 Å². The van der Waals surface area contributed by atoms with Crippen LogP contribution in [-0.4, -0.2) is 48.6 Å². The molecule has 124 valence electrons. The molecule has 0 spiro atoms. The van der Waals surface area contributed by atoms with Gasteiger partial charge in [0.2, 0.25) is 0 Å². The van der Waals surface area contributed by atoms with Crippen molar-refractivity contribution in [2.45, 2.75) is 72.3 Å². The van der Waals surface area contributed by atoms with E-state index in [4.69, 9.17) is 0 Å². The van der Waals surface area contributed by atoms with Gasteiger partial charge in [-0.05, 0) is 51.0 Å². The molecule has 1 aliphatic heterocycles. The molecule has 0 amide bonds. The minimum absolute atomic E-state index is 0.725. The summed E-state index contributed by atoms with van der Waals surface area (Å²) in [5.74, 6) is 2.95. The highest BCUT2D eigenvalue weighted by atomic mass is 15.3. The van der Waals surface area contributed by atoms with Gasteiger partial charge in [-0.1, -0.05) is 39.5 Å². The fourth-order valence-corrected chi connectivity index (χ4v) is 4.29. The maximum Gasteiger partial charge on any atom is 0.0113 e. The van der Waals surface area contributed by atoms with Gasteiger partial charge in [0.15, 0.2) is 0 Å². The topological polar surface area (TPSA) is 6.48 Å². The largest absolute Gasteiger partial charge is 0.301 e. The Hall–Kier alpha value is -0.0800. The van der Waals surface area contributed by atoms with E-state index in [2.05, 4.69) is 37.5 Å². The van der Waals surface area contributed by atoms with E-state index in [-0.39, 0.29) is 0 Å². The van der Waals surface area contributed by atoms with Crippen molar-refractivity contribution in [3.63, 3.8) is 0 Å². The normalized spacial score (nSPS) is 29.4. The Morgan fingerprint density at radius 1 is 0.810 bits per heavy atom. The molecule has 2 heteroatoms. The summed E-state index contributed by atoms with van der Waals surface area (Å²) < 4.78 is 0. The second-order valence-corrected chi connectivity index (χ2v) is 8.28. The highest BCUT2D eigenvalue weighted by Crippen LogP contribution is 2.34. The molecule has 1 saturated heterocycles. The minimum atomic E-state index is 0.725. The third-order valence-electron chi connectivity index (χ3n) is 5.76. The van der Waals surface area contributed by atoms with Crippen molar-refractivity contribution >= 4 is 0 Å². The fourth-order valence-electron chi connectivity index (χ4n) is 4.29. The summed E-state index contributed by atoms with van der Waals surface area (Å²) in [7, 11) is 0. The molecule has 1 heterocycles.